The topological polar surface area (TPSA) is 41.3 Å². The Morgan fingerprint density at radius 1 is 1.26 bits per heavy atom. The van der Waals surface area contributed by atoms with E-state index in [0.717, 1.165) is 37.6 Å². The molecule has 102 valence electrons. The van der Waals surface area contributed by atoms with Gasteiger partial charge in [0.05, 0.1) is 12.8 Å². The molecular formula is C15H21N3O. The number of nitrogens with one attached hydrogen (secondary N) is 1. The summed E-state index contributed by atoms with van der Waals surface area (Å²) < 4.78 is 5.34. The van der Waals surface area contributed by atoms with Crippen LogP contribution in [0.4, 0.5) is 5.82 Å². The van der Waals surface area contributed by atoms with Gasteiger partial charge >= 0.3 is 0 Å². The Morgan fingerprint density at radius 2 is 2.16 bits per heavy atom. The second-order valence-corrected chi connectivity index (χ2v) is 4.73. The molecule has 2 heterocycles. The van der Waals surface area contributed by atoms with Crippen molar-refractivity contribution in [1.29, 1.82) is 0 Å². The van der Waals surface area contributed by atoms with Gasteiger partial charge in [0.15, 0.2) is 0 Å². The highest BCUT2D eigenvalue weighted by Crippen LogP contribution is 2.10. The van der Waals surface area contributed by atoms with Crippen molar-refractivity contribution in [3.05, 3.63) is 48.0 Å². The SMILES string of the molecule is CCCNc1ccc(CN(C)Cc2ccco2)cn1. The number of rotatable bonds is 7. The van der Waals surface area contributed by atoms with Crippen molar-refractivity contribution in [2.75, 3.05) is 18.9 Å². The van der Waals surface area contributed by atoms with E-state index in [9.17, 15) is 0 Å². The van der Waals surface area contributed by atoms with Crippen LogP contribution in [-0.2, 0) is 13.1 Å². The maximum absolute atomic E-state index is 5.34. The standard InChI is InChI=1S/C15H21N3O/c1-3-8-16-15-7-6-13(10-17-15)11-18(2)12-14-5-4-9-19-14/h4-7,9-10H,3,8,11-12H2,1-2H3,(H,16,17). The van der Waals surface area contributed by atoms with Crippen molar-refractivity contribution in [1.82, 2.24) is 9.88 Å². The molecule has 2 rings (SSSR count). The number of nitrogens with zero attached hydrogens (tertiary/aromatic N) is 2. The molecule has 0 aliphatic heterocycles. The zero-order chi connectivity index (χ0) is 13.5. The van der Waals surface area contributed by atoms with Gasteiger partial charge in [-0.25, -0.2) is 4.98 Å². The zero-order valence-corrected chi connectivity index (χ0v) is 11.6. The smallest absolute Gasteiger partial charge is 0.125 e. The average Bonchev–Trinajstić information content (AvgIpc) is 2.90. The number of pyridine rings is 1. The summed E-state index contributed by atoms with van der Waals surface area (Å²) in [4.78, 5) is 6.61. The minimum Gasteiger partial charge on any atom is -0.468 e. The first kappa shape index (κ1) is 13.6. The first-order chi connectivity index (χ1) is 9.28. The van der Waals surface area contributed by atoms with Crippen LogP contribution in [0.15, 0.2) is 41.1 Å². The lowest BCUT2D eigenvalue weighted by atomic mass is 10.2. The molecule has 2 aromatic heterocycles. The Balaban J connectivity index is 1.84. The Morgan fingerprint density at radius 3 is 2.79 bits per heavy atom. The van der Waals surface area contributed by atoms with E-state index in [-0.39, 0.29) is 0 Å². The van der Waals surface area contributed by atoms with Gasteiger partial charge in [0.25, 0.3) is 0 Å². The van der Waals surface area contributed by atoms with Crippen molar-refractivity contribution in [2.45, 2.75) is 26.4 Å². The number of hydrogen-bond acceptors (Lipinski definition) is 4. The first-order valence-corrected chi connectivity index (χ1v) is 6.67. The predicted octanol–water partition coefficient (Wildman–Crippen LogP) is 3.13. The summed E-state index contributed by atoms with van der Waals surface area (Å²) in [6.45, 7) is 4.78. The monoisotopic (exact) mass is 259 g/mol. The van der Waals surface area contributed by atoms with Crippen LogP contribution in [0.25, 0.3) is 0 Å². The maximum Gasteiger partial charge on any atom is 0.125 e. The van der Waals surface area contributed by atoms with Crippen LogP contribution in [0.1, 0.15) is 24.7 Å². The summed E-state index contributed by atoms with van der Waals surface area (Å²) in [5.74, 6) is 1.93. The van der Waals surface area contributed by atoms with E-state index >= 15 is 0 Å². The second kappa shape index (κ2) is 6.95. The molecule has 19 heavy (non-hydrogen) atoms. The molecular weight excluding hydrogens is 238 g/mol. The maximum atomic E-state index is 5.34. The van der Waals surface area contributed by atoms with Crippen molar-refractivity contribution >= 4 is 5.82 Å². The van der Waals surface area contributed by atoms with Gasteiger partial charge in [-0.2, -0.15) is 0 Å². The van der Waals surface area contributed by atoms with Gasteiger partial charge in [0.1, 0.15) is 11.6 Å². The van der Waals surface area contributed by atoms with E-state index in [1.807, 2.05) is 24.4 Å². The van der Waals surface area contributed by atoms with Gasteiger partial charge < -0.3 is 9.73 Å². The largest absolute Gasteiger partial charge is 0.468 e. The summed E-state index contributed by atoms with van der Waals surface area (Å²) in [6.07, 6.45) is 4.74. The van der Waals surface area contributed by atoms with Crippen molar-refractivity contribution in [2.24, 2.45) is 0 Å². The molecule has 2 aromatic rings. The van der Waals surface area contributed by atoms with E-state index in [2.05, 4.69) is 35.2 Å². The summed E-state index contributed by atoms with van der Waals surface area (Å²) in [5.41, 5.74) is 1.20. The molecule has 0 fully saturated rings. The molecule has 0 unspecified atom stereocenters. The summed E-state index contributed by atoms with van der Waals surface area (Å²) in [5, 5.41) is 3.27. The van der Waals surface area contributed by atoms with Gasteiger partial charge in [-0.05, 0) is 37.2 Å². The van der Waals surface area contributed by atoms with Crippen LogP contribution in [-0.4, -0.2) is 23.5 Å². The Bertz CT molecular complexity index is 465. The molecule has 0 spiro atoms. The molecule has 0 aliphatic carbocycles. The van der Waals surface area contributed by atoms with Crippen molar-refractivity contribution in [3.8, 4) is 0 Å². The van der Waals surface area contributed by atoms with Gasteiger partial charge in [-0.1, -0.05) is 13.0 Å². The lowest BCUT2D eigenvalue weighted by Gasteiger charge is -2.15. The van der Waals surface area contributed by atoms with E-state index in [1.165, 1.54) is 5.56 Å². The van der Waals surface area contributed by atoms with Crippen LogP contribution in [0.5, 0.6) is 0 Å². The highest BCUT2D eigenvalue weighted by atomic mass is 16.3. The molecule has 0 bridgehead atoms. The zero-order valence-electron chi connectivity index (χ0n) is 11.6. The first-order valence-electron chi connectivity index (χ1n) is 6.67. The van der Waals surface area contributed by atoms with Crippen LogP contribution in [0.2, 0.25) is 0 Å². The van der Waals surface area contributed by atoms with Gasteiger partial charge in [0.2, 0.25) is 0 Å². The number of aromatic nitrogens is 1. The fourth-order valence-corrected chi connectivity index (χ4v) is 1.91. The predicted molar refractivity (Wildman–Crippen MR) is 76.9 cm³/mol. The Kier molecular flexibility index (Phi) is 4.98. The molecule has 0 atom stereocenters. The van der Waals surface area contributed by atoms with Crippen LogP contribution < -0.4 is 5.32 Å². The van der Waals surface area contributed by atoms with Gasteiger partial charge in [-0.3, -0.25) is 4.90 Å². The Hall–Kier alpha value is -1.81. The highest BCUT2D eigenvalue weighted by Gasteiger charge is 2.04. The normalized spacial score (nSPS) is 10.9. The Labute approximate surface area is 114 Å². The average molecular weight is 259 g/mol. The lowest BCUT2D eigenvalue weighted by Crippen LogP contribution is -2.17. The second-order valence-electron chi connectivity index (χ2n) is 4.73. The molecule has 0 aromatic carbocycles. The van der Waals surface area contributed by atoms with Crippen LogP contribution in [0, 0.1) is 0 Å². The summed E-state index contributed by atoms with van der Waals surface area (Å²) in [7, 11) is 2.08. The van der Waals surface area contributed by atoms with E-state index in [1.54, 1.807) is 6.26 Å². The minimum atomic E-state index is 0.808. The van der Waals surface area contributed by atoms with Gasteiger partial charge in [0, 0.05) is 19.3 Å². The molecule has 0 aliphatic rings. The van der Waals surface area contributed by atoms with Crippen molar-refractivity contribution in [3.63, 3.8) is 0 Å². The van der Waals surface area contributed by atoms with Crippen LogP contribution >= 0.6 is 0 Å². The molecule has 0 saturated carbocycles. The van der Waals surface area contributed by atoms with E-state index < -0.39 is 0 Å². The summed E-state index contributed by atoms with van der Waals surface area (Å²) in [6, 6.07) is 8.06. The molecule has 4 heteroatoms. The molecule has 4 nitrogen and oxygen atoms in total. The van der Waals surface area contributed by atoms with Gasteiger partial charge in [-0.15, -0.1) is 0 Å². The third kappa shape index (κ3) is 4.41. The summed E-state index contributed by atoms with van der Waals surface area (Å²) >= 11 is 0. The highest BCUT2D eigenvalue weighted by molar-refractivity contribution is 5.35. The molecule has 0 amide bonds. The number of anilines is 1. The molecule has 1 N–H and O–H groups in total. The van der Waals surface area contributed by atoms with Crippen molar-refractivity contribution < 1.29 is 4.42 Å². The number of hydrogen-bond donors (Lipinski definition) is 1. The fraction of sp³-hybridized carbons (Fsp3) is 0.400. The minimum absolute atomic E-state index is 0.808. The third-order valence-electron chi connectivity index (χ3n) is 2.84. The fourth-order valence-electron chi connectivity index (χ4n) is 1.91. The molecule has 0 saturated heterocycles. The number of furan rings is 1. The quantitative estimate of drug-likeness (QED) is 0.829. The lowest BCUT2D eigenvalue weighted by molar-refractivity contribution is 0.287. The van der Waals surface area contributed by atoms with Crippen LogP contribution in [0.3, 0.4) is 0 Å². The van der Waals surface area contributed by atoms with E-state index in [4.69, 9.17) is 4.42 Å². The molecule has 0 radical (unpaired) electrons. The van der Waals surface area contributed by atoms with E-state index in [0.29, 0.717) is 0 Å². The third-order valence-corrected chi connectivity index (χ3v) is 2.84.